The van der Waals surface area contributed by atoms with Crippen LogP contribution in [0.1, 0.15) is 41.5 Å². The van der Waals surface area contributed by atoms with Crippen molar-refractivity contribution in [3.8, 4) is 0 Å². The van der Waals surface area contributed by atoms with E-state index in [1.807, 2.05) is 49.9 Å². The summed E-state index contributed by atoms with van der Waals surface area (Å²) in [5.41, 5.74) is 2.53. The molecule has 1 aliphatic rings. The monoisotopic (exact) mass is 397 g/mol. The number of nitrogens with zero attached hydrogens (tertiary/aromatic N) is 2. The number of nitrogens with one attached hydrogen (secondary N) is 1. The molecule has 0 bridgehead atoms. The summed E-state index contributed by atoms with van der Waals surface area (Å²) in [6, 6.07) is 7.72. The summed E-state index contributed by atoms with van der Waals surface area (Å²) >= 11 is 1.42. The van der Waals surface area contributed by atoms with E-state index in [9.17, 15) is 14.4 Å². The van der Waals surface area contributed by atoms with Crippen molar-refractivity contribution in [3.05, 3.63) is 66.7 Å². The van der Waals surface area contributed by atoms with Crippen LogP contribution in [0.25, 0.3) is 10.2 Å². The molecule has 2 aromatic heterocycles. The summed E-state index contributed by atoms with van der Waals surface area (Å²) in [7, 11) is 0. The first-order valence-electron chi connectivity index (χ1n) is 9.48. The lowest BCUT2D eigenvalue weighted by Crippen LogP contribution is -2.38. The Hall–Kier alpha value is -2.67. The maximum atomic E-state index is 12.9. The molecule has 0 saturated heterocycles. The van der Waals surface area contributed by atoms with Gasteiger partial charge in [0.25, 0.3) is 5.56 Å². The van der Waals surface area contributed by atoms with E-state index < -0.39 is 0 Å². The average Bonchev–Trinajstić information content (AvgIpc) is 3.00. The van der Waals surface area contributed by atoms with Crippen LogP contribution in [0.3, 0.4) is 0 Å². The number of aromatic amines is 1. The lowest BCUT2D eigenvalue weighted by atomic mass is 10.0. The molecule has 3 aromatic rings. The van der Waals surface area contributed by atoms with Crippen LogP contribution >= 0.6 is 11.3 Å². The standard InChI is InChI=1S/C21H23N3O3S/c1-12(2)24-20(26)18-15-8-9-23(11-16(15)28-19(18)22-21(24)27)17(25)10-14-7-5-4-6-13(14)3/h4-7,12H,8-11H2,1-3H3,(H,22,27). The third-order valence-corrected chi connectivity index (χ3v) is 6.53. The number of amides is 1. The van der Waals surface area contributed by atoms with Crippen LogP contribution in [0.5, 0.6) is 0 Å². The maximum absolute atomic E-state index is 12.9. The number of fused-ring (bicyclic) bond motifs is 3. The number of carbonyl (C=O) groups is 1. The van der Waals surface area contributed by atoms with Gasteiger partial charge in [-0.3, -0.25) is 19.1 Å². The molecule has 1 aliphatic heterocycles. The van der Waals surface area contributed by atoms with E-state index in [0.717, 1.165) is 21.6 Å². The second kappa shape index (κ2) is 7.05. The van der Waals surface area contributed by atoms with E-state index in [-0.39, 0.29) is 23.2 Å². The van der Waals surface area contributed by atoms with Gasteiger partial charge in [0.1, 0.15) is 4.83 Å². The van der Waals surface area contributed by atoms with Crippen molar-refractivity contribution in [1.82, 2.24) is 14.5 Å². The SMILES string of the molecule is Cc1ccccc1CC(=O)N1CCc2c(sc3[nH]c(=O)n(C(C)C)c(=O)c23)C1. The lowest BCUT2D eigenvalue weighted by molar-refractivity contribution is -0.131. The van der Waals surface area contributed by atoms with Gasteiger partial charge in [-0.2, -0.15) is 0 Å². The Kier molecular flexibility index (Phi) is 4.71. The Balaban J connectivity index is 1.66. The summed E-state index contributed by atoms with van der Waals surface area (Å²) in [4.78, 5) is 44.3. The molecule has 4 rings (SSSR count). The van der Waals surface area contributed by atoms with E-state index in [1.165, 1.54) is 15.9 Å². The summed E-state index contributed by atoms with van der Waals surface area (Å²) in [6.45, 7) is 6.74. The zero-order chi connectivity index (χ0) is 20.0. The molecular weight excluding hydrogens is 374 g/mol. The van der Waals surface area contributed by atoms with Gasteiger partial charge in [-0.1, -0.05) is 24.3 Å². The molecule has 28 heavy (non-hydrogen) atoms. The highest BCUT2D eigenvalue weighted by atomic mass is 32.1. The van der Waals surface area contributed by atoms with Crippen molar-refractivity contribution in [3.63, 3.8) is 0 Å². The van der Waals surface area contributed by atoms with Gasteiger partial charge in [0.05, 0.1) is 18.4 Å². The second-order valence-electron chi connectivity index (χ2n) is 7.58. The largest absolute Gasteiger partial charge is 0.337 e. The van der Waals surface area contributed by atoms with E-state index in [2.05, 4.69) is 4.98 Å². The van der Waals surface area contributed by atoms with Crippen molar-refractivity contribution in [2.24, 2.45) is 0 Å². The molecule has 1 aromatic carbocycles. The third kappa shape index (κ3) is 3.09. The summed E-state index contributed by atoms with van der Waals surface area (Å²) < 4.78 is 1.27. The number of benzene rings is 1. The van der Waals surface area contributed by atoms with Crippen LogP contribution in [-0.2, 0) is 24.2 Å². The number of carbonyl (C=O) groups excluding carboxylic acids is 1. The van der Waals surface area contributed by atoms with Crippen LogP contribution in [0.15, 0.2) is 33.9 Å². The zero-order valence-electron chi connectivity index (χ0n) is 16.2. The molecule has 7 heteroatoms. The topological polar surface area (TPSA) is 75.2 Å². The molecule has 0 radical (unpaired) electrons. The Labute approximate surface area is 166 Å². The van der Waals surface area contributed by atoms with Gasteiger partial charge in [-0.25, -0.2) is 4.79 Å². The minimum Gasteiger partial charge on any atom is -0.337 e. The van der Waals surface area contributed by atoms with E-state index in [4.69, 9.17) is 0 Å². The Bertz CT molecular complexity index is 1190. The van der Waals surface area contributed by atoms with Gasteiger partial charge in [0.2, 0.25) is 5.91 Å². The highest BCUT2D eigenvalue weighted by Crippen LogP contribution is 2.32. The quantitative estimate of drug-likeness (QED) is 0.738. The van der Waals surface area contributed by atoms with Gasteiger partial charge in [0.15, 0.2) is 0 Å². The van der Waals surface area contributed by atoms with Crippen molar-refractivity contribution < 1.29 is 4.79 Å². The van der Waals surface area contributed by atoms with Gasteiger partial charge < -0.3 is 4.90 Å². The number of hydrogen-bond acceptors (Lipinski definition) is 4. The van der Waals surface area contributed by atoms with Gasteiger partial charge >= 0.3 is 5.69 Å². The number of aryl methyl sites for hydroxylation is 1. The molecule has 146 valence electrons. The summed E-state index contributed by atoms with van der Waals surface area (Å²) in [6.07, 6.45) is 1.01. The van der Waals surface area contributed by atoms with E-state index in [0.29, 0.717) is 36.1 Å². The first-order chi connectivity index (χ1) is 13.4. The molecule has 0 fully saturated rings. The zero-order valence-corrected chi connectivity index (χ0v) is 17.1. The molecule has 0 saturated carbocycles. The number of rotatable bonds is 3. The Morgan fingerprint density at radius 2 is 2.00 bits per heavy atom. The first kappa shape index (κ1) is 18.7. The number of H-pyrrole nitrogens is 1. The molecule has 6 nitrogen and oxygen atoms in total. The van der Waals surface area contributed by atoms with Crippen LogP contribution in [0.4, 0.5) is 0 Å². The van der Waals surface area contributed by atoms with E-state index in [1.54, 1.807) is 0 Å². The lowest BCUT2D eigenvalue weighted by Gasteiger charge is -2.27. The highest BCUT2D eigenvalue weighted by Gasteiger charge is 2.27. The molecule has 0 aliphatic carbocycles. The van der Waals surface area contributed by atoms with Crippen LogP contribution in [-0.4, -0.2) is 26.9 Å². The molecule has 0 unspecified atom stereocenters. The highest BCUT2D eigenvalue weighted by molar-refractivity contribution is 7.18. The first-order valence-corrected chi connectivity index (χ1v) is 10.3. The Morgan fingerprint density at radius 3 is 2.71 bits per heavy atom. The minimum atomic E-state index is -0.376. The molecule has 3 heterocycles. The number of hydrogen-bond donors (Lipinski definition) is 1. The fraction of sp³-hybridized carbons (Fsp3) is 0.381. The molecular formula is C21H23N3O3S. The predicted molar refractivity (Wildman–Crippen MR) is 111 cm³/mol. The van der Waals surface area contributed by atoms with Crippen molar-refractivity contribution in [1.29, 1.82) is 0 Å². The second-order valence-corrected chi connectivity index (χ2v) is 8.68. The molecule has 0 spiro atoms. The summed E-state index contributed by atoms with van der Waals surface area (Å²) in [5.74, 6) is 0.0884. The summed E-state index contributed by atoms with van der Waals surface area (Å²) in [5, 5.41) is 0.610. The van der Waals surface area contributed by atoms with Crippen molar-refractivity contribution in [2.75, 3.05) is 6.54 Å². The van der Waals surface area contributed by atoms with Gasteiger partial charge in [-0.15, -0.1) is 11.3 Å². The molecule has 1 N–H and O–H groups in total. The van der Waals surface area contributed by atoms with Crippen molar-refractivity contribution in [2.45, 2.75) is 46.2 Å². The maximum Gasteiger partial charge on any atom is 0.329 e. The predicted octanol–water partition coefficient (Wildman–Crippen LogP) is 2.77. The smallest absolute Gasteiger partial charge is 0.329 e. The Morgan fingerprint density at radius 1 is 1.25 bits per heavy atom. The molecule has 0 atom stereocenters. The van der Waals surface area contributed by atoms with Crippen LogP contribution < -0.4 is 11.2 Å². The average molecular weight is 398 g/mol. The fourth-order valence-corrected chi connectivity index (χ4v) is 5.10. The van der Waals surface area contributed by atoms with Crippen LogP contribution in [0, 0.1) is 6.92 Å². The normalized spacial score (nSPS) is 13.9. The van der Waals surface area contributed by atoms with Crippen molar-refractivity contribution >= 4 is 27.5 Å². The number of aromatic nitrogens is 2. The van der Waals surface area contributed by atoms with Gasteiger partial charge in [0, 0.05) is 17.5 Å². The van der Waals surface area contributed by atoms with Gasteiger partial charge in [-0.05, 0) is 43.9 Å². The molecule has 1 amide bonds. The van der Waals surface area contributed by atoms with Crippen LogP contribution in [0.2, 0.25) is 0 Å². The fourth-order valence-electron chi connectivity index (χ4n) is 3.85. The number of thiophene rings is 1. The minimum absolute atomic E-state index is 0.0884. The van der Waals surface area contributed by atoms with E-state index >= 15 is 0 Å². The third-order valence-electron chi connectivity index (χ3n) is 5.40.